The number of phosphoric ester groups is 1. The molecule has 0 radical (unpaired) electrons. The Balaban J connectivity index is 4.15. The summed E-state index contributed by atoms with van der Waals surface area (Å²) in [5.74, 6) is -0.345. The molecular formula is C54H98NO7P. The van der Waals surface area contributed by atoms with E-state index in [-0.39, 0.29) is 25.8 Å². The molecule has 0 rings (SSSR count). The zero-order valence-corrected chi connectivity index (χ0v) is 42.4. The van der Waals surface area contributed by atoms with Crippen molar-refractivity contribution >= 4 is 13.8 Å². The van der Waals surface area contributed by atoms with E-state index in [2.05, 4.69) is 86.8 Å². The van der Waals surface area contributed by atoms with Crippen LogP contribution in [0.2, 0.25) is 0 Å². The average Bonchev–Trinajstić information content (AvgIpc) is 3.24. The molecule has 0 aromatic rings. The minimum atomic E-state index is -4.54. The number of hydrogen-bond acceptors (Lipinski definition) is 7. The topological polar surface area (TPSA) is 94.1 Å². The van der Waals surface area contributed by atoms with Gasteiger partial charge >= 0.3 is 5.97 Å². The molecule has 0 heterocycles. The first-order valence-corrected chi connectivity index (χ1v) is 27.1. The normalized spacial score (nSPS) is 14.2. The van der Waals surface area contributed by atoms with Crippen molar-refractivity contribution in [2.24, 2.45) is 0 Å². The number of phosphoric acid groups is 1. The molecule has 0 fully saturated rings. The first-order chi connectivity index (χ1) is 30.6. The molecule has 63 heavy (non-hydrogen) atoms. The molecule has 8 nitrogen and oxygen atoms in total. The van der Waals surface area contributed by atoms with Gasteiger partial charge in [-0.25, -0.2) is 0 Å². The number of allylic oxidation sites excluding steroid dienone is 12. The maximum absolute atomic E-state index is 12.8. The molecule has 0 N–H and O–H groups in total. The maximum atomic E-state index is 12.8. The van der Waals surface area contributed by atoms with Crippen molar-refractivity contribution in [3.63, 3.8) is 0 Å². The van der Waals surface area contributed by atoms with Crippen LogP contribution in [-0.2, 0) is 27.9 Å². The van der Waals surface area contributed by atoms with Gasteiger partial charge in [0.15, 0.2) is 0 Å². The van der Waals surface area contributed by atoms with E-state index in [0.29, 0.717) is 24.1 Å². The number of carbonyl (C=O) groups excluding carboxylic acids is 1. The van der Waals surface area contributed by atoms with E-state index in [4.69, 9.17) is 18.5 Å². The van der Waals surface area contributed by atoms with E-state index in [9.17, 15) is 14.3 Å². The molecule has 0 saturated carbocycles. The van der Waals surface area contributed by atoms with Gasteiger partial charge in [-0.15, -0.1) is 0 Å². The quantitative estimate of drug-likeness (QED) is 0.0197. The van der Waals surface area contributed by atoms with E-state index < -0.39 is 13.9 Å². The zero-order chi connectivity index (χ0) is 46.2. The molecule has 9 heteroatoms. The Morgan fingerprint density at radius 1 is 0.508 bits per heavy atom. The molecule has 0 aliphatic heterocycles. The number of nitrogens with zero attached hydrogens (tertiary/aromatic N) is 1. The van der Waals surface area contributed by atoms with Crippen molar-refractivity contribution in [2.45, 2.75) is 213 Å². The minimum Gasteiger partial charge on any atom is -0.756 e. The summed E-state index contributed by atoms with van der Waals surface area (Å²) in [7, 11) is 1.34. The van der Waals surface area contributed by atoms with Crippen LogP contribution in [0, 0.1) is 0 Å². The summed E-state index contributed by atoms with van der Waals surface area (Å²) in [4.78, 5) is 25.2. The maximum Gasteiger partial charge on any atom is 0.306 e. The van der Waals surface area contributed by atoms with E-state index in [0.717, 1.165) is 77.0 Å². The molecule has 0 amide bonds. The highest BCUT2D eigenvalue weighted by atomic mass is 31.2. The van der Waals surface area contributed by atoms with Crippen LogP contribution in [0.5, 0.6) is 0 Å². The zero-order valence-electron chi connectivity index (χ0n) is 41.5. The molecule has 0 aliphatic rings. The predicted molar refractivity (Wildman–Crippen MR) is 268 cm³/mol. The third kappa shape index (κ3) is 50.8. The number of hydrogen-bond donors (Lipinski definition) is 0. The van der Waals surface area contributed by atoms with Crippen LogP contribution in [0.4, 0.5) is 0 Å². The smallest absolute Gasteiger partial charge is 0.306 e. The number of ether oxygens (including phenoxy) is 2. The van der Waals surface area contributed by atoms with Crippen LogP contribution in [0.15, 0.2) is 72.9 Å². The average molecular weight is 904 g/mol. The van der Waals surface area contributed by atoms with Crippen LogP contribution in [-0.4, -0.2) is 70.7 Å². The number of rotatable bonds is 47. The number of quaternary nitrogens is 1. The minimum absolute atomic E-state index is 0.0192. The Kier molecular flexibility index (Phi) is 44.9. The summed E-state index contributed by atoms with van der Waals surface area (Å²) < 4.78 is 34.7. The Morgan fingerprint density at radius 3 is 1.38 bits per heavy atom. The SMILES string of the molecule is CC/C=C\C/C=C\C/C=C\CCCCCCCCOCC(COP(=O)([O-])OCC[N+](C)(C)C)OC(=O)CCCCCCCCCCCC/C=C\C/C=C\C/C=C\CCCCCCC. The van der Waals surface area contributed by atoms with Crippen molar-refractivity contribution < 1.29 is 37.3 Å². The summed E-state index contributed by atoms with van der Waals surface area (Å²) >= 11 is 0. The Bertz CT molecular complexity index is 1230. The largest absolute Gasteiger partial charge is 0.756 e. The molecule has 0 spiro atoms. The second-order valence-corrected chi connectivity index (χ2v) is 19.6. The van der Waals surface area contributed by atoms with Crippen LogP contribution >= 0.6 is 7.82 Å². The Labute approximate surface area is 389 Å². The van der Waals surface area contributed by atoms with Crippen molar-refractivity contribution in [3.05, 3.63) is 72.9 Å². The summed E-state index contributed by atoms with van der Waals surface area (Å²) in [5.41, 5.74) is 0. The molecule has 0 saturated heterocycles. The second-order valence-electron chi connectivity index (χ2n) is 18.1. The van der Waals surface area contributed by atoms with Gasteiger partial charge in [0.05, 0.1) is 34.4 Å². The number of likely N-dealkylation sites (N-methyl/N-ethyl adjacent to an activating group) is 1. The first-order valence-electron chi connectivity index (χ1n) is 25.7. The van der Waals surface area contributed by atoms with Crippen LogP contribution in [0.25, 0.3) is 0 Å². The Hall–Kier alpha value is -2.06. The number of esters is 1. The highest BCUT2D eigenvalue weighted by Gasteiger charge is 2.20. The van der Waals surface area contributed by atoms with Gasteiger partial charge in [0, 0.05) is 13.0 Å². The lowest BCUT2D eigenvalue weighted by Gasteiger charge is -2.28. The van der Waals surface area contributed by atoms with Crippen molar-refractivity contribution in [1.82, 2.24) is 0 Å². The molecule has 0 aliphatic carbocycles. The second kappa shape index (κ2) is 46.5. The lowest BCUT2D eigenvalue weighted by Crippen LogP contribution is -2.37. The van der Waals surface area contributed by atoms with Gasteiger partial charge in [-0.3, -0.25) is 9.36 Å². The molecule has 0 bridgehead atoms. The van der Waals surface area contributed by atoms with Gasteiger partial charge in [0.25, 0.3) is 7.82 Å². The molecule has 2 atom stereocenters. The highest BCUT2D eigenvalue weighted by molar-refractivity contribution is 7.45. The standard InChI is InChI=1S/C54H98NO7P/c1-6-8-10-12-14-16-18-20-22-24-25-26-27-28-29-30-31-32-33-35-37-39-41-43-45-47-54(56)62-53(52-61-63(57,58)60-50-48-55(3,4)5)51-59-49-46-44-42-40-38-36-34-23-21-19-17-15-13-11-9-7-2/h9,11,15,17-18,20-21,23-25,27-28,53H,6-8,10,12-14,16,19,22,26,29-52H2,1-5H3/b11-9-,17-15-,20-18-,23-21-,25-24-,28-27-. The predicted octanol–water partition coefficient (Wildman–Crippen LogP) is 15.2. The van der Waals surface area contributed by atoms with Crippen LogP contribution in [0.1, 0.15) is 206 Å². The third-order valence-corrected chi connectivity index (χ3v) is 11.7. The van der Waals surface area contributed by atoms with E-state index in [1.807, 2.05) is 21.1 Å². The van der Waals surface area contributed by atoms with Crippen LogP contribution in [0.3, 0.4) is 0 Å². The molecule has 0 aromatic carbocycles. The van der Waals surface area contributed by atoms with E-state index in [1.54, 1.807) is 0 Å². The molecule has 366 valence electrons. The number of carbonyl (C=O) groups is 1. The van der Waals surface area contributed by atoms with Crippen LogP contribution < -0.4 is 4.89 Å². The lowest BCUT2D eigenvalue weighted by atomic mass is 10.0. The summed E-state index contributed by atoms with van der Waals surface area (Å²) in [5, 5.41) is 0. The van der Waals surface area contributed by atoms with Crippen molar-refractivity contribution in [2.75, 3.05) is 54.1 Å². The molecule has 0 aromatic heterocycles. The monoisotopic (exact) mass is 904 g/mol. The lowest BCUT2D eigenvalue weighted by molar-refractivity contribution is -0.870. The van der Waals surface area contributed by atoms with Gasteiger partial charge in [0.1, 0.15) is 19.3 Å². The third-order valence-electron chi connectivity index (χ3n) is 10.7. The van der Waals surface area contributed by atoms with Crippen molar-refractivity contribution in [3.8, 4) is 0 Å². The van der Waals surface area contributed by atoms with Gasteiger partial charge in [0.2, 0.25) is 0 Å². The summed E-state index contributed by atoms with van der Waals surface area (Å²) in [6, 6.07) is 0. The van der Waals surface area contributed by atoms with Gasteiger partial charge in [-0.1, -0.05) is 189 Å². The van der Waals surface area contributed by atoms with E-state index >= 15 is 0 Å². The molecular weight excluding hydrogens is 806 g/mol. The fourth-order valence-corrected chi connectivity index (χ4v) is 7.53. The van der Waals surface area contributed by atoms with Gasteiger partial charge in [-0.05, 0) is 83.5 Å². The first kappa shape index (κ1) is 60.9. The number of unbranched alkanes of at least 4 members (excludes halogenated alkanes) is 21. The summed E-state index contributed by atoms with van der Waals surface area (Å²) in [6.07, 6.45) is 60.7. The Morgan fingerprint density at radius 2 is 0.921 bits per heavy atom. The highest BCUT2D eigenvalue weighted by Crippen LogP contribution is 2.38. The fraction of sp³-hybridized carbons (Fsp3) is 0.759. The van der Waals surface area contributed by atoms with Crippen molar-refractivity contribution in [1.29, 1.82) is 0 Å². The van der Waals surface area contributed by atoms with Gasteiger partial charge in [-0.2, -0.15) is 0 Å². The van der Waals surface area contributed by atoms with E-state index in [1.165, 1.54) is 109 Å². The van der Waals surface area contributed by atoms with Gasteiger partial charge < -0.3 is 27.9 Å². The summed E-state index contributed by atoms with van der Waals surface area (Å²) in [6.45, 7) is 5.25. The molecule has 2 unspecified atom stereocenters. The fourth-order valence-electron chi connectivity index (χ4n) is 6.80.